The highest BCUT2D eigenvalue weighted by atomic mass is 14.7. The van der Waals surface area contributed by atoms with Gasteiger partial charge in [0, 0.05) is 17.8 Å². The molecule has 52 valence electrons. The molecule has 0 bridgehead atoms. The molecule has 1 aromatic heterocycles. The number of hydrogen-bond acceptors (Lipinski definition) is 2. The van der Waals surface area contributed by atoms with E-state index in [1.54, 1.807) is 6.20 Å². The number of nitriles is 1. The molecule has 0 amide bonds. The Balaban J connectivity index is 3.05. The maximum absolute atomic E-state index is 8.52. The molecule has 10 heavy (non-hydrogen) atoms. The van der Waals surface area contributed by atoms with E-state index in [-0.39, 0.29) is 6.04 Å². The number of nitrogens with zero attached hydrogens (tertiary/aromatic N) is 1. The number of nitrogens with two attached hydrogens (primary N) is 1. The van der Waals surface area contributed by atoms with E-state index >= 15 is 0 Å². The van der Waals surface area contributed by atoms with Gasteiger partial charge in [0.05, 0.1) is 0 Å². The zero-order chi connectivity index (χ0) is 7.56. The van der Waals surface area contributed by atoms with E-state index in [9.17, 15) is 0 Å². The summed E-state index contributed by atoms with van der Waals surface area (Å²) in [6.45, 7) is 1.85. The molecule has 0 unspecified atom stereocenters. The first kappa shape index (κ1) is 6.84. The van der Waals surface area contributed by atoms with Gasteiger partial charge in [-0.05, 0) is 13.0 Å². The zero-order valence-electron chi connectivity index (χ0n) is 5.76. The summed E-state index contributed by atoms with van der Waals surface area (Å²) in [4.78, 5) is 2.80. The molecule has 1 rings (SSSR count). The van der Waals surface area contributed by atoms with Crippen LogP contribution in [0.15, 0.2) is 12.3 Å². The number of aromatic amines is 1. The van der Waals surface area contributed by atoms with Crippen molar-refractivity contribution >= 4 is 0 Å². The van der Waals surface area contributed by atoms with Gasteiger partial charge in [0.15, 0.2) is 0 Å². The summed E-state index contributed by atoms with van der Waals surface area (Å²) in [5, 5.41) is 8.52. The number of hydrogen-bond donors (Lipinski definition) is 2. The smallest absolute Gasteiger partial charge is 0.122 e. The van der Waals surface area contributed by atoms with Crippen LogP contribution in [-0.2, 0) is 0 Å². The van der Waals surface area contributed by atoms with Crippen molar-refractivity contribution in [1.82, 2.24) is 4.98 Å². The van der Waals surface area contributed by atoms with Gasteiger partial charge in [-0.15, -0.1) is 0 Å². The molecule has 0 aromatic carbocycles. The first-order chi connectivity index (χ1) is 4.75. The maximum Gasteiger partial charge on any atom is 0.122 e. The molecule has 3 nitrogen and oxygen atoms in total. The minimum atomic E-state index is -0.0686. The van der Waals surface area contributed by atoms with Crippen molar-refractivity contribution in [2.45, 2.75) is 13.0 Å². The van der Waals surface area contributed by atoms with Crippen LogP contribution in [0.4, 0.5) is 0 Å². The van der Waals surface area contributed by atoms with Gasteiger partial charge in [0.2, 0.25) is 0 Å². The minimum absolute atomic E-state index is 0.0686. The largest absolute Gasteiger partial charge is 0.353 e. The molecular formula is C7H9N3. The summed E-state index contributed by atoms with van der Waals surface area (Å²) >= 11 is 0. The summed E-state index contributed by atoms with van der Waals surface area (Å²) in [7, 11) is 0. The quantitative estimate of drug-likeness (QED) is 0.601. The SMILES string of the molecule is C[C@@H](N)c1cc[nH]c1C#N. The van der Waals surface area contributed by atoms with E-state index in [1.807, 2.05) is 19.1 Å². The standard InChI is InChI=1S/C7H9N3/c1-5(9)6-2-3-10-7(6)4-8/h2-3,5,10H,9H2,1H3/t5-/m1/s1. The van der Waals surface area contributed by atoms with E-state index < -0.39 is 0 Å². The Morgan fingerprint density at radius 1 is 1.80 bits per heavy atom. The lowest BCUT2D eigenvalue weighted by molar-refractivity contribution is 0.816. The molecule has 1 heterocycles. The average molecular weight is 135 g/mol. The first-order valence-corrected chi connectivity index (χ1v) is 3.08. The monoisotopic (exact) mass is 135 g/mol. The van der Waals surface area contributed by atoms with E-state index in [4.69, 9.17) is 11.0 Å². The van der Waals surface area contributed by atoms with Crippen LogP contribution in [0.5, 0.6) is 0 Å². The maximum atomic E-state index is 8.52. The molecule has 3 heteroatoms. The van der Waals surface area contributed by atoms with Crippen molar-refractivity contribution in [2.24, 2.45) is 5.73 Å². The summed E-state index contributed by atoms with van der Waals surface area (Å²) in [5.41, 5.74) is 7.01. The van der Waals surface area contributed by atoms with Gasteiger partial charge in [-0.25, -0.2) is 0 Å². The first-order valence-electron chi connectivity index (χ1n) is 3.08. The lowest BCUT2D eigenvalue weighted by Gasteiger charge is -1.99. The van der Waals surface area contributed by atoms with Gasteiger partial charge in [0.1, 0.15) is 11.8 Å². The Hall–Kier alpha value is -1.27. The van der Waals surface area contributed by atoms with Gasteiger partial charge < -0.3 is 10.7 Å². The van der Waals surface area contributed by atoms with Gasteiger partial charge in [-0.3, -0.25) is 0 Å². The van der Waals surface area contributed by atoms with Gasteiger partial charge in [-0.1, -0.05) is 0 Å². The second-order valence-corrected chi connectivity index (χ2v) is 2.21. The average Bonchev–Trinajstić information content (AvgIpc) is 2.33. The molecule has 0 aliphatic rings. The molecule has 0 saturated carbocycles. The molecular weight excluding hydrogens is 126 g/mol. The van der Waals surface area contributed by atoms with E-state index in [0.717, 1.165) is 5.56 Å². The number of aromatic nitrogens is 1. The van der Waals surface area contributed by atoms with Gasteiger partial charge in [-0.2, -0.15) is 5.26 Å². The summed E-state index contributed by atoms with van der Waals surface area (Å²) in [5.74, 6) is 0. The van der Waals surface area contributed by atoms with Gasteiger partial charge in [0.25, 0.3) is 0 Å². The van der Waals surface area contributed by atoms with Crippen molar-refractivity contribution in [1.29, 1.82) is 5.26 Å². The normalized spacial score (nSPS) is 12.5. The summed E-state index contributed by atoms with van der Waals surface area (Å²) in [6, 6.07) is 3.78. The van der Waals surface area contributed by atoms with Crippen LogP contribution < -0.4 is 5.73 Å². The molecule has 0 saturated heterocycles. The lowest BCUT2D eigenvalue weighted by atomic mass is 10.1. The van der Waals surface area contributed by atoms with Crippen molar-refractivity contribution in [3.05, 3.63) is 23.5 Å². The molecule has 0 aliphatic carbocycles. The predicted octanol–water partition coefficient (Wildman–Crippen LogP) is 0.906. The van der Waals surface area contributed by atoms with Crippen molar-refractivity contribution in [3.63, 3.8) is 0 Å². The highest BCUT2D eigenvalue weighted by Crippen LogP contribution is 2.12. The second kappa shape index (κ2) is 2.54. The van der Waals surface area contributed by atoms with Crippen molar-refractivity contribution in [2.75, 3.05) is 0 Å². The number of nitrogens with one attached hydrogen (secondary N) is 1. The fraction of sp³-hybridized carbons (Fsp3) is 0.286. The second-order valence-electron chi connectivity index (χ2n) is 2.21. The Labute approximate surface area is 59.5 Å². The van der Waals surface area contributed by atoms with Crippen LogP contribution in [0.2, 0.25) is 0 Å². The molecule has 0 fully saturated rings. The lowest BCUT2D eigenvalue weighted by Crippen LogP contribution is -2.05. The molecule has 0 radical (unpaired) electrons. The van der Waals surface area contributed by atoms with E-state index in [2.05, 4.69) is 4.98 Å². The molecule has 1 aromatic rings. The third-order valence-electron chi connectivity index (χ3n) is 1.38. The third-order valence-corrected chi connectivity index (χ3v) is 1.38. The minimum Gasteiger partial charge on any atom is -0.353 e. The van der Waals surface area contributed by atoms with E-state index in [0.29, 0.717) is 5.69 Å². The number of H-pyrrole nitrogens is 1. The number of rotatable bonds is 1. The molecule has 0 aliphatic heterocycles. The molecule has 1 atom stereocenters. The Kier molecular flexibility index (Phi) is 1.74. The van der Waals surface area contributed by atoms with Crippen LogP contribution in [0.1, 0.15) is 24.2 Å². The van der Waals surface area contributed by atoms with Crippen molar-refractivity contribution in [3.8, 4) is 6.07 Å². The Morgan fingerprint density at radius 2 is 2.50 bits per heavy atom. The van der Waals surface area contributed by atoms with Crippen LogP contribution in [0, 0.1) is 11.3 Å². The van der Waals surface area contributed by atoms with Crippen LogP contribution in [0.25, 0.3) is 0 Å². The fourth-order valence-electron chi connectivity index (χ4n) is 0.858. The predicted molar refractivity (Wildman–Crippen MR) is 38.1 cm³/mol. The topological polar surface area (TPSA) is 65.6 Å². The highest BCUT2D eigenvalue weighted by Gasteiger charge is 2.05. The van der Waals surface area contributed by atoms with Crippen molar-refractivity contribution < 1.29 is 0 Å². The fourth-order valence-corrected chi connectivity index (χ4v) is 0.858. The Morgan fingerprint density at radius 3 is 2.90 bits per heavy atom. The van der Waals surface area contributed by atoms with Crippen LogP contribution >= 0.6 is 0 Å². The van der Waals surface area contributed by atoms with E-state index in [1.165, 1.54) is 0 Å². The van der Waals surface area contributed by atoms with Crippen LogP contribution in [0.3, 0.4) is 0 Å². The Bertz CT molecular complexity index is 254. The van der Waals surface area contributed by atoms with Gasteiger partial charge >= 0.3 is 0 Å². The molecule has 0 spiro atoms. The highest BCUT2D eigenvalue weighted by molar-refractivity contribution is 5.33. The van der Waals surface area contributed by atoms with Crippen LogP contribution in [-0.4, -0.2) is 4.98 Å². The molecule has 3 N–H and O–H groups in total. The summed E-state index contributed by atoms with van der Waals surface area (Å²) < 4.78 is 0. The zero-order valence-corrected chi connectivity index (χ0v) is 5.76. The third kappa shape index (κ3) is 1.02. The summed E-state index contributed by atoms with van der Waals surface area (Å²) in [6.07, 6.45) is 1.72.